The number of nitrogens with zero attached hydrogens (tertiary/aromatic N) is 4. The van der Waals surface area contributed by atoms with Gasteiger partial charge >= 0.3 is 0 Å². The Morgan fingerprint density at radius 1 is 1.32 bits per heavy atom. The standard InChI is InChI=1S/C17H23ClN4O3/c1-4-24-16(25-5-2)12-22-11-15(19-20-22)17(23)21(3)10-13-7-6-8-14(18)9-13/h6-9,11,16H,4-5,10,12H2,1-3H3. The minimum atomic E-state index is -0.413. The molecule has 0 aliphatic carbocycles. The Kier molecular flexibility index (Phi) is 7.36. The molecule has 0 N–H and O–H groups in total. The SMILES string of the molecule is CCOC(Cn1cc(C(=O)N(C)Cc2cccc(Cl)c2)nn1)OCC. The molecule has 1 aromatic carbocycles. The average molecular weight is 367 g/mol. The summed E-state index contributed by atoms with van der Waals surface area (Å²) in [4.78, 5) is 14.1. The summed E-state index contributed by atoms with van der Waals surface area (Å²) < 4.78 is 12.5. The zero-order valence-electron chi connectivity index (χ0n) is 14.7. The van der Waals surface area contributed by atoms with Crippen LogP contribution in [0.5, 0.6) is 0 Å². The molecule has 0 fully saturated rings. The monoisotopic (exact) mass is 366 g/mol. The zero-order valence-corrected chi connectivity index (χ0v) is 15.4. The van der Waals surface area contributed by atoms with Gasteiger partial charge in [-0.15, -0.1) is 5.10 Å². The van der Waals surface area contributed by atoms with Crippen LogP contribution >= 0.6 is 11.6 Å². The average Bonchev–Trinajstić information content (AvgIpc) is 3.03. The second kappa shape index (κ2) is 9.50. The third-order valence-corrected chi connectivity index (χ3v) is 3.69. The summed E-state index contributed by atoms with van der Waals surface area (Å²) in [6.07, 6.45) is 1.19. The lowest BCUT2D eigenvalue weighted by molar-refractivity contribution is -0.145. The molecule has 0 spiro atoms. The van der Waals surface area contributed by atoms with Crippen LogP contribution in [0.2, 0.25) is 5.02 Å². The van der Waals surface area contributed by atoms with E-state index < -0.39 is 6.29 Å². The van der Waals surface area contributed by atoms with Crippen molar-refractivity contribution in [3.63, 3.8) is 0 Å². The molecule has 0 bridgehead atoms. The number of aromatic nitrogens is 3. The molecule has 7 nitrogen and oxygen atoms in total. The Bertz CT molecular complexity index is 686. The molecule has 1 amide bonds. The van der Waals surface area contributed by atoms with Gasteiger partial charge in [-0.1, -0.05) is 28.9 Å². The maximum atomic E-state index is 12.5. The largest absolute Gasteiger partial charge is 0.351 e. The van der Waals surface area contributed by atoms with Crippen molar-refractivity contribution in [1.82, 2.24) is 19.9 Å². The first kappa shape index (κ1) is 19.4. The highest BCUT2D eigenvalue weighted by molar-refractivity contribution is 6.30. The van der Waals surface area contributed by atoms with E-state index >= 15 is 0 Å². The van der Waals surface area contributed by atoms with Crippen LogP contribution in [-0.4, -0.2) is 52.4 Å². The zero-order chi connectivity index (χ0) is 18.2. The van der Waals surface area contributed by atoms with Gasteiger partial charge in [0, 0.05) is 31.8 Å². The number of rotatable bonds is 9. The minimum absolute atomic E-state index is 0.212. The lowest BCUT2D eigenvalue weighted by Gasteiger charge is -2.16. The van der Waals surface area contributed by atoms with E-state index in [0.29, 0.717) is 31.3 Å². The molecule has 0 aliphatic rings. The van der Waals surface area contributed by atoms with Gasteiger partial charge < -0.3 is 14.4 Å². The Balaban J connectivity index is 1.98. The van der Waals surface area contributed by atoms with Crippen molar-refractivity contribution in [2.45, 2.75) is 33.2 Å². The lowest BCUT2D eigenvalue weighted by atomic mass is 10.2. The maximum Gasteiger partial charge on any atom is 0.276 e. The molecule has 136 valence electrons. The highest BCUT2D eigenvalue weighted by Crippen LogP contribution is 2.13. The van der Waals surface area contributed by atoms with Crippen LogP contribution in [0.25, 0.3) is 0 Å². The number of benzene rings is 1. The molecule has 2 rings (SSSR count). The van der Waals surface area contributed by atoms with Crippen LogP contribution in [-0.2, 0) is 22.6 Å². The lowest BCUT2D eigenvalue weighted by Crippen LogP contribution is -2.26. The smallest absolute Gasteiger partial charge is 0.276 e. The van der Waals surface area contributed by atoms with Gasteiger partial charge in [-0.2, -0.15) is 0 Å². The molecule has 1 aromatic heterocycles. The molecule has 2 aromatic rings. The molecule has 0 aliphatic heterocycles. The van der Waals surface area contributed by atoms with Crippen molar-refractivity contribution in [3.05, 3.63) is 46.7 Å². The number of hydrogen-bond acceptors (Lipinski definition) is 5. The van der Waals surface area contributed by atoms with Gasteiger partial charge in [0.15, 0.2) is 12.0 Å². The summed E-state index contributed by atoms with van der Waals surface area (Å²) in [5.74, 6) is -0.212. The first-order valence-electron chi connectivity index (χ1n) is 8.16. The van der Waals surface area contributed by atoms with Gasteiger partial charge in [0.25, 0.3) is 5.91 Å². The highest BCUT2D eigenvalue weighted by atomic mass is 35.5. The Morgan fingerprint density at radius 3 is 2.68 bits per heavy atom. The summed E-state index contributed by atoms with van der Waals surface area (Å²) in [6.45, 7) is 5.67. The van der Waals surface area contributed by atoms with Gasteiger partial charge in [-0.25, -0.2) is 4.68 Å². The highest BCUT2D eigenvalue weighted by Gasteiger charge is 2.18. The maximum absolute atomic E-state index is 12.5. The first-order valence-corrected chi connectivity index (χ1v) is 8.54. The van der Waals surface area contributed by atoms with E-state index in [-0.39, 0.29) is 11.6 Å². The number of hydrogen-bond donors (Lipinski definition) is 0. The van der Waals surface area contributed by atoms with Crippen LogP contribution in [0.15, 0.2) is 30.5 Å². The predicted molar refractivity (Wildman–Crippen MR) is 94.3 cm³/mol. The van der Waals surface area contributed by atoms with Crippen LogP contribution in [0.3, 0.4) is 0 Å². The van der Waals surface area contributed by atoms with Gasteiger partial charge in [-0.05, 0) is 31.5 Å². The molecule has 0 atom stereocenters. The number of ether oxygens (including phenoxy) is 2. The first-order chi connectivity index (χ1) is 12.0. The second-order valence-corrected chi connectivity index (χ2v) is 5.89. The van der Waals surface area contributed by atoms with Gasteiger partial charge in [0.1, 0.15) is 0 Å². The van der Waals surface area contributed by atoms with Gasteiger partial charge in [0.05, 0.1) is 12.7 Å². The van der Waals surface area contributed by atoms with E-state index in [1.807, 2.05) is 32.0 Å². The molecule has 0 saturated carbocycles. The number of halogens is 1. The Morgan fingerprint density at radius 2 is 2.04 bits per heavy atom. The Labute approximate surface area is 152 Å². The van der Waals surface area contributed by atoms with Crippen molar-refractivity contribution in [2.24, 2.45) is 0 Å². The van der Waals surface area contributed by atoms with Crippen molar-refractivity contribution in [2.75, 3.05) is 20.3 Å². The fraction of sp³-hybridized carbons (Fsp3) is 0.471. The molecule has 8 heteroatoms. The molecule has 1 heterocycles. The van der Waals surface area contributed by atoms with E-state index in [1.165, 1.54) is 0 Å². The summed E-state index contributed by atoms with van der Waals surface area (Å²) in [7, 11) is 1.71. The molecule has 0 unspecified atom stereocenters. The third kappa shape index (κ3) is 5.81. The van der Waals surface area contributed by atoms with Gasteiger partial charge in [-0.3, -0.25) is 4.79 Å². The van der Waals surface area contributed by atoms with Crippen LogP contribution in [0, 0.1) is 0 Å². The molecule has 25 heavy (non-hydrogen) atoms. The fourth-order valence-corrected chi connectivity index (χ4v) is 2.55. The Hall–Kier alpha value is -1.96. The summed E-state index contributed by atoms with van der Waals surface area (Å²) in [6, 6.07) is 7.40. The van der Waals surface area contributed by atoms with E-state index in [4.69, 9.17) is 21.1 Å². The van der Waals surface area contributed by atoms with Crippen molar-refractivity contribution in [3.8, 4) is 0 Å². The van der Waals surface area contributed by atoms with Crippen molar-refractivity contribution in [1.29, 1.82) is 0 Å². The second-order valence-electron chi connectivity index (χ2n) is 5.46. The molecular weight excluding hydrogens is 344 g/mol. The van der Waals surface area contributed by atoms with Crippen LogP contribution in [0.1, 0.15) is 29.9 Å². The number of carbonyl (C=O) groups excluding carboxylic acids is 1. The van der Waals surface area contributed by atoms with Crippen LogP contribution in [0.4, 0.5) is 0 Å². The minimum Gasteiger partial charge on any atom is -0.351 e. The molecule has 0 radical (unpaired) electrons. The number of amides is 1. The van der Waals surface area contributed by atoms with E-state index in [9.17, 15) is 4.79 Å². The summed E-state index contributed by atoms with van der Waals surface area (Å²) in [5, 5.41) is 8.58. The fourth-order valence-electron chi connectivity index (χ4n) is 2.34. The van der Waals surface area contributed by atoms with Crippen molar-refractivity contribution < 1.29 is 14.3 Å². The van der Waals surface area contributed by atoms with E-state index in [0.717, 1.165) is 5.56 Å². The van der Waals surface area contributed by atoms with Crippen LogP contribution < -0.4 is 0 Å². The van der Waals surface area contributed by atoms with E-state index in [2.05, 4.69) is 10.3 Å². The topological polar surface area (TPSA) is 69.5 Å². The summed E-state index contributed by atoms with van der Waals surface area (Å²) in [5.41, 5.74) is 1.22. The quantitative estimate of drug-likeness (QED) is 0.638. The predicted octanol–water partition coefficient (Wildman–Crippen LogP) is 2.60. The van der Waals surface area contributed by atoms with E-state index in [1.54, 1.807) is 28.9 Å². The molecular formula is C17H23ClN4O3. The third-order valence-electron chi connectivity index (χ3n) is 3.45. The molecule has 0 saturated heterocycles. The van der Waals surface area contributed by atoms with Crippen molar-refractivity contribution >= 4 is 17.5 Å². The number of carbonyl (C=O) groups is 1. The normalized spacial score (nSPS) is 11.1. The summed E-state index contributed by atoms with van der Waals surface area (Å²) >= 11 is 5.98. The van der Waals surface area contributed by atoms with Gasteiger partial charge in [0.2, 0.25) is 0 Å².